The molecule has 5 rings (SSSR count). The summed E-state index contributed by atoms with van der Waals surface area (Å²) < 4.78 is 1.91. The Bertz CT molecular complexity index is 1480. The van der Waals surface area contributed by atoms with Crippen LogP contribution in [-0.4, -0.2) is 30.1 Å². The summed E-state index contributed by atoms with van der Waals surface area (Å²) >= 11 is 1.72. The summed E-state index contributed by atoms with van der Waals surface area (Å²) in [5.41, 5.74) is 3.96. The van der Waals surface area contributed by atoms with Gasteiger partial charge in [0.1, 0.15) is 0 Å². The predicted octanol–water partition coefficient (Wildman–Crippen LogP) is 5.28. The van der Waals surface area contributed by atoms with Crippen LogP contribution in [0.1, 0.15) is 46.8 Å². The van der Waals surface area contributed by atoms with Gasteiger partial charge in [-0.2, -0.15) is 0 Å². The van der Waals surface area contributed by atoms with Crippen LogP contribution in [0.25, 0.3) is 10.9 Å². The Labute approximate surface area is 214 Å². The lowest BCUT2D eigenvalue weighted by atomic mass is 10.1. The number of thiophene rings is 1. The quantitative estimate of drug-likeness (QED) is 0.283. The fourth-order valence-electron chi connectivity index (χ4n) is 4.68. The molecule has 1 N–H and O–H groups in total. The molecule has 7 nitrogen and oxygen atoms in total. The first-order chi connectivity index (χ1) is 17.6. The van der Waals surface area contributed by atoms with Crippen molar-refractivity contribution in [1.29, 1.82) is 0 Å². The molecule has 0 fully saturated rings. The predicted molar refractivity (Wildman–Crippen MR) is 144 cm³/mol. The van der Waals surface area contributed by atoms with Crippen LogP contribution in [-0.2, 0) is 26.1 Å². The van der Waals surface area contributed by atoms with E-state index in [1.165, 1.54) is 16.0 Å². The Balaban J connectivity index is 1.46. The van der Waals surface area contributed by atoms with Crippen molar-refractivity contribution in [3.8, 4) is 0 Å². The number of H-pyrrole nitrogens is 1. The summed E-state index contributed by atoms with van der Waals surface area (Å²) in [6.45, 7) is 6.13. The monoisotopic (exact) mass is 498 g/mol. The summed E-state index contributed by atoms with van der Waals surface area (Å²) in [5, 5.41) is 15.9. The molecule has 1 atom stereocenters. The second-order valence-electron chi connectivity index (χ2n) is 9.12. The minimum Gasteiger partial charge on any atom is -0.322 e. The van der Waals surface area contributed by atoms with Crippen LogP contribution < -0.4 is 5.56 Å². The molecule has 36 heavy (non-hydrogen) atoms. The Morgan fingerprint density at radius 2 is 1.92 bits per heavy atom. The molecule has 0 spiro atoms. The van der Waals surface area contributed by atoms with Crippen LogP contribution in [0.2, 0.25) is 0 Å². The molecular formula is C28H30N6OS. The number of rotatable bonds is 10. The second kappa shape index (κ2) is 11.0. The number of hydrogen-bond acceptors (Lipinski definition) is 6. The van der Waals surface area contributed by atoms with Crippen LogP contribution in [0.5, 0.6) is 0 Å². The number of fused-ring (bicyclic) bond motifs is 1. The zero-order valence-electron chi connectivity index (χ0n) is 20.6. The van der Waals surface area contributed by atoms with Crippen molar-refractivity contribution < 1.29 is 0 Å². The molecule has 1 unspecified atom stereocenters. The normalized spacial score (nSPS) is 12.4. The number of aromatic nitrogens is 5. The molecule has 0 aliphatic rings. The summed E-state index contributed by atoms with van der Waals surface area (Å²) in [6.07, 6.45) is 1.67. The third-order valence-electron chi connectivity index (χ3n) is 6.53. The van der Waals surface area contributed by atoms with Gasteiger partial charge in [0.15, 0.2) is 5.82 Å². The van der Waals surface area contributed by atoms with E-state index in [2.05, 4.69) is 87.1 Å². The van der Waals surface area contributed by atoms with Crippen molar-refractivity contribution in [2.24, 2.45) is 0 Å². The van der Waals surface area contributed by atoms with Gasteiger partial charge < -0.3 is 4.98 Å². The van der Waals surface area contributed by atoms with Gasteiger partial charge in [-0.15, -0.1) is 16.4 Å². The van der Waals surface area contributed by atoms with E-state index >= 15 is 0 Å². The molecule has 0 radical (unpaired) electrons. The first-order valence-corrected chi connectivity index (χ1v) is 13.2. The third-order valence-corrected chi connectivity index (χ3v) is 7.39. The number of tetrazole rings is 1. The van der Waals surface area contributed by atoms with E-state index in [0.717, 1.165) is 35.1 Å². The maximum absolute atomic E-state index is 13.1. The zero-order valence-corrected chi connectivity index (χ0v) is 21.4. The van der Waals surface area contributed by atoms with E-state index in [-0.39, 0.29) is 11.6 Å². The SMILES string of the molecule is CCC(c1nnnn1CCc1ccccc1)N(Cc1cccs1)Cc1cc2cc(C)ccc2[nH]c1=O. The van der Waals surface area contributed by atoms with Crippen LogP contribution in [0, 0.1) is 6.92 Å². The van der Waals surface area contributed by atoms with Crippen molar-refractivity contribution in [2.75, 3.05) is 0 Å². The first-order valence-electron chi connectivity index (χ1n) is 12.3. The molecule has 0 aliphatic heterocycles. The molecule has 0 saturated carbocycles. The highest BCUT2D eigenvalue weighted by Gasteiger charge is 2.26. The first kappa shape index (κ1) is 24.1. The molecule has 8 heteroatoms. The van der Waals surface area contributed by atoms with E-state index in [1.54, 1.807) is 11.3 Å². The highest BCUT2D eigenvalue weighted by Crippen LogP contribution is 2.28. The fourth-order valence-corrected chi connectivity index (χ4v) is 5.41. The van der Waals surface area contributed by atoms with E-state index in [1.807, 2.05) is 28.9 Å². The summed E-state index contributed by atoms with van der Waals surface area (Å²) in [7, 11) is 0. The second-order valence-corrected chi connectivity index (χ2v) is 10.2. The summed E-state index contributed by atoms with van der Waals surface area (Å²) in [6, 6.07) is 22.7. The molecule has 0 saturated heterocycles. The molecule has 184 valence electrons. The lowest BCUT2D eigenvalue weighted by Crippen LogP contribution is -2.32. The van der Waals surface area contributed by atoms with Gasteiger partial charge in [-0.1, -0.05) is 55.0 Å². The van der Waals surface area contributed by atoms with Crippen molar-refractivity contribution in [2.45, 2.75) is 52.4 Å². The number of aryl methyl sites for hydroxylation is 3. The summed E-state index contributed by atoms with van der Waals surface area (Å²) in [5.74, 6) is 0.832. The van der Waals surface area contributed by atoms with Crippen LogP contribution >= 0.6 is 11.3 Å². The van der Waals surface area contributed by atoms with Gasteiger partial charge in [0.2, 0.25) is 0 Å². The molecule has 0 bridgehead atoms. The lowest BCUT2D eigenvalue weighted by molar-refractivity contribution is 0.162. The average Bonchev–Trinajstić information content (AvgIpc) is 3.57. The molecule has 2 aromatic carbocycles. The number of nitrogens with zero attached hydrogens (tertiary/aromatic N) is 5. The van der Waals surface area contributed by atoms with E-state index in [0.29, 0.717) is 19.6 Å². The zero-order chi connectivity index (χ0) is 24.9. The Hall–Kier alpha value is -3.62. The molecule has 3 aromatic heterocycles. The number of hydrogen-bond donors (Lipinski definition) is 1. The van der Waals surface area contributed by atoms with E-state index in [4.69, 9.17) is 0 Å². The van der Waals surface area contributed by atoms with E-state index in [9.17, 15) is 4.79 Å². The largest absolute Gasteiger partial charge is 0.322 e. The molecule has 0 aliphatic carbocycles. The maximum atomic E-state index is 13.1. The molecular weight excluding hydrogens is 468 g/mol. The van der Waals surface area contributed by atoms with Gasteiger partial charge in [0.25, 0.3) is 5.56 Å². The molecule has 0 amide bonds. The number of pyridine rings is 1. The minimum atomic E-state index is -0.0546. The molecule has 5 aromatic rings. The highest BCUT2D eigenvalue weighted by molar-refractivity contribution is 7.09. The summed E-state index contributed by atoms with van der Waals surface area (Å²) in [4.78, 5) is 19.7. The average molecular weight is 499 g/mol. The fraction of sp³-hybridized carbons (Fsp3) is 0.286. The Kier molecular flexibility index (Phi) is 7.34. The number of nitrogens with one attached hydrogen (secondary N) is 1. The van der Waals surface area contributed by atoms with Crippen LogP contribution in [0.15, 0.2) is 76.9 Å². The van der Waals surface area contributed by atoms with E-state index < -0.39 is 0 Å². The van der Waals surface area contributed by atoms with Crippen molar-refractivity contribution in [3.63, 3.8) is 0 Å². The van der Waals surface area contributed by atoms with Gasteiger partial charge in [-0.3, -0.25) is 9.69 Å². The Morgan fingerprint density at radius 1 is 1.06 bits per heavy atom. The van der Waals surface area contributed by atoms with Crippen molar-refractivity contribution in [3.05, 3.63) is 110 Å². The number of aromatic amines is 1. The smallest absolute Gasteiger partial charge is 0.252 e. The van der Waals surface area contributed by atoms with Gasteiger partial charge in [-0.25, -0.2) is 4.68 Å². The molecule has 3 heterocycles. The van der Waals surface area contributed by atoms with Crippen molar-refractivity contribution in [1.82, 2.24) is 30.1 Å². The van der Waals surface area contributed by atoms with Crippen LogP contribution in [0.3, 0.4) is 0 Å². The minimum absolute atomic E-state index is 0.0366. The maximum Gasteiger partial charge on any atom is 0.252 e. The lowest BCUT2D eigenvalue weighted by Gasteiger charge is -2.30. The van der Waals surface area contributed by atoms with Crippen LogP contribution in [0.4, 0.5) is 0 Å². The van der Waals surface area contributed by atoms with Crippen molar-refractivity contribution >= 4 is 22.2 Å². The highest BCUT2D eigenvalue weighted by atomic mass is 32.1. The van der Waals surface area contributed by atoms with Gasteiger partial charge in [0.05, 0.1) is 6.04 Å². The van der Waals surface area contributed by atoms with Gasteiger partial charge in [0, 0.05) is 35.6 Å². The van der Waals surface area contributed by atoms with Gasteiger partial charge >= 0.3 is 0 Å². The topological polar surface area (TPSA) is 79.7 Å². The standard InChI is InChI=1S/C28H30N6OS/c1-3-26(27-30-31-32-34(27)14-13-21-8-5-4-6-9-21)33(19-24-10-7-15-36-24)18-23-17-22-16-20(2)11-12-25(22)29-28(23)35/h4-12,15-17,26H,3,13-14,18-19H2,1-2H3,(H,29,35). The number of benzene rings is 2. The van der Waals surface area contributed by atoms with Gasteiger partial charge in [-0.05, 0) is 70.8 Å². The Morgan fingerprint density at radius 3 is 2.69 bits per heavy atom. The third kappa shape index (κ3) is 5.45.